The molecule has 4 heterocycles. The van der Waals surface area contributed by atoms with Crippen molar-refractivity contribution in [3.8, 4) is 0 Å². The topological polar surface area (TPSA) is 52.9 Å². The number of hydrogen-bond acceptors (Lipinski definition) is 4. The van der Waals surface area contributed by atoms with Gasteiger partial charge in [-0.1, -0.05) is 0 Å². The lowest BCUT2D eigenvalue weighted by molar-refractivity contribution is 0.0738. The molecule has 22 heavy (non-hydrogen) atoms. The van der Waals surface area contributed by atoms with Crippen LogP contribution in [0.1, 0.15) is 23.2 Å². The predicted molar refractivity (Wildman–Crippen MR) is 85.4 cm³/mol. The molecular weight excluding hydrogens is 278 g/mol. The monoisotopic (exact) mass is 299 g/mol. The molecule has 0 atom stereocenters. The molecular formula is C16H21N5O. The maximum Gasteiger partial charge on any atom is 0.257 e. The van der Waals surface area contributed by atoms with Crippen LogP contribution in [-0.2, 0) is 0 Å². The quantitative estimate of drug-likeness (QED) is 0.898. The Morgan fingerprint density at radius 3 is 2.68 bits per heavy atom. The van der Waals surface area contributed by atoms with E-state index in [1.54, 1.807) is 10.7 Å². The third kappa shape index (κ3) is 2.33. The molecule has 6 nitrogen and oxygen atoms in total. The Kier molecular flexibility index (Phi) is 3.46. The molecule has 2 saturated heterocycles. The van der Waals surface area contributed by atoms with Crippen LogP contribution >= 0.6 is 0 Å². The third-order valence-corrected chi connectivity index (χ3v) is 4.61. The molecule has 4 rings (SSSR count). The number of piperazine rings is 1. The maximum atomic E-state index is 12.7. The first-order chi connectivity index (χ1) is 10.8. The van der Waals surface area contributed by atoms with Crippen LogP contribution < -0.4 is 10.2 Å². The minimum atomic E-state index is 0.0927. The molecule has 0 radical (unpaired) electrons. The molecule has 2 fully saturated rings. The Balaban J connectivity index is 1.67. The lowest BCUT2D eigenvalue weighted by Crippen LogP contribution is -2.46. The molecule has 0 bridgehead atoms. The van der Waals surface area contributed by atoms with Crippen LogP contribution in [0, 0.1) is 0 Å². The predicted octanol–water partition coefficient (Wildman–Crippen LogP) is 0.980. The first-order valence-electron chi connectivity index (χ1n) is 8.05. The molecule has 1 N–H and O–H groups in total. The molecule has 2 aliphatic heterocycles. The van der Waals surface area contributed by atoms with Crippen molar-refractivity contribution >= 4 is 17.1 Å². The van der Waals surface area contributed by atoms with E-state index < -0.39 is 0 Å². The summed E-state index contributed by atoms with van der Waals surface area (Å²) in [6.07, 6.45) is 6.15. The van der Waals surface area contributed by atoms with Gasteiger partial charge in [0, 0.05) is 51.2 Å². The normalized spacial score (nSPS) is 19.1. The number of hydrogen-bond donors (Lipinski definition) is 1. The van der Waals surface area contributed by atoms with Crippen molar-refractivity contribution < 1.29 is 4.79 Å². The summed E-state index contributed by atoms with van der Waals surface area (Å²) in [6.45, 7) is 5.47. The second-order valence-electron chi connectivity index (χ2n) is 6.01. The smallest absolute Gasteiger partial charge is 0.257 e. The highest BCUT2D eigenvalue weighted by atomic mass is 16.2. The van der Waals surface area contributed by atoms with Crippen molar-refractivity contribution in [2.24, 2.45) is 0 Å². The molecule has 0 aromatic carbocycles. The number of nitrogens with zero attached hydrogens (tertiary/aromatic N) is 4. The van der Waals surface area contributed by atoms with E-state index in [0.29, 0.717) is 5.56 Å². The van der Waals surface area contributed by atoms with Gasteiger partial charge in [-0.15, -0.1) is 0 Å². The fourth-order valence-electron chi connectivity index (χ4n) is 3.34. The lowest BCUT2D eigenvalue weighted by atomic mass is 10.2. The summed E-state index contributed by atoms with van der Waals surface area (Å²) in [4.78, 5) is 17.0. The fourth-order valence-corrected chi connectivity index (χ4v) is 3.34. The van der Waals surface area contributed by atoms with Crippen LogP contribution in [0.2, 0.25) is 0 Å². The maximum absolute atomic E-state index is 12.7. The van der Waals surface area contributed by atoms with Crippen molar-refractivity contribution in [1.29, 1.82) is 0 Å². The van der Waals surface area contributed by atoms with E-state index in [-0.39, 0.29) is 5.91 Å². The Hall–Kier alpha value is -2.08. The van der Waals surface area contributed by atoms with Crippen LogP contribution in [0.15, 0.2) is 24.5 Å². The van der Waals surface area contributed by atoms with Crippen LogP contribution in [0.25, 0.3) is 5.52 Å². The summed E-state index contributed by atoms with van der Waals surface area (Å²) < 4.78 is 1.80. The van der Waals surface area contributed by atoms with Gasteiger partial charge in [-0.05, 0) is 25.0 Å². The summed E-state index contributed by atoms with van der Waals surface area (Å²) in [5, 5.41) is 7.61. The number of carbonyl (C=O) groups excluding carboxylic acids is 1. The minimum Gasteiger partial charge on any atom is -0.371 e. The highest BCUT2D eigenvalue weighted by Gasteiger charge is 2.22. The fraction of sp³-hybridized carbons (Fsp3) is 0.500. The van der Waals surface area contributed by atoms with Crippen molar-refractivity contribution in [3.05, 3.63) is 30.1 Å². The second kappa shape index (κ2) is 5.61. The summed E-state index contributed by atoms with van der Waals surface area (Å²) in [5.41, 5.74) is 2.82. The van der Waals surface area contributed by atoms with Crippen molar-refractivity contribution in [1.82, 2.24) is 19.8 Å². The van der Waals surface area contributed by atoms with Crippen LogP contribution in [0.4, 0.5) is 5.69 Å². The van der Waals surface area contributed by atoms with E-state index in [9.17, 15) is 4.79 Å². The number of rotatable bonds is 2. The lowest BCUT2D eigenvalue weighted by Gasteiger charge is -2.27. The molecule has 0 aliphatic carbocycles. The number of fused-ring (bicyclic) bond motifs is 1. The van der Waals surface area contributed by atoms with E-state index in [1.165, 1.54) is 18.5 Å². The SMILES string of the molecule is O=C(c1cnn2ccc(N3CCCC3)cc12)N1CCNCC1. The molecule has 2 aromatic heterocycles. The molecule has 0 spiro atoms. The highest BCUT2D eigenvalue weighted by molar-refractivity contribution is 6.01. The Morgan fingerprint density at radius 1 is 1.14 bits per heavy atom. The van der Waals surface area contributed by atoms with Crippen LogP contribution in [-0.4, -0.2) is 59.7 Å². The van der Waals surface area contributed by atoms with E-state index >= 15 is 0 Å². The van der Waals surface area contributed by atoms with Crippen LogP contribution in [0.5, 0.6) is 0 Å². The molecule has 6 heteroatoms. The van der Waals surface area contributed by atoms with Crippen molar-refractivity contribution in [2.75, 3.05) is 44.2 Å². The van der Waals surface area contributed by atoms with Gasteiger partial charge in [0.2, 0.25) is 0 Å². The number of anilines is 1. The van der Waals surface area contributed by atoms with Gasteiger partial charge < -0.3 is 15.1 Å². The zero-order valence-electron chi connectivity index (χ0n) is 12.7. The second-order valence-corrected chi connectivity index (χ2v) is 6.01. The number of carbonyl (C=O) groups is 1. The number of amides is 1. The first-order valence-corrected chi connectivity index (χ1v) is 8.05. The van der Waals surface area contributed by atoms with E-state index in [1.807, 2.05) is 11.1 Å². The standard InChI is InChI=1S/C16H21N5O/c22-16(20-9-4-17-5-10-20)14-12-18-21-8-3-13(11-15(14)21)19-6-1-2-7-19/h3,8,11-12,17H,1-2,4-7,9-10H2. The van der Waals surface area contributed by atoms with E-state index in [2.05, 4.69) is 27.4 Å². The van der Waals surface area contributed by atoms with Gasteiger partial charge in [-0.3, -0.25) is 4.79 Å². The largest absolute Gasteiger partial charge is 0.371 e. The van der Waals surface area contributed by atoms with Gasteiger partial charge in [-0.2, -0.15) is 5.10 Å². The summed E-state index contributed by atoms with van der Waals surface area (Å²) >= 11 is 0. The van der Waals surface area contributed by atoms with Gasteiger partial charge in [0.15, 0.2) is 0 Å². The van der Waals surface area contributed by atoms with E-state index in [4.69, 9.17) is 0 Å². The average molecular weight is 299 g/mol. The molecule has 116 valence electrons. The molecule has 0 saturated carbocycles. The highest BCUT2D eigenvalue weighted by Crippen LogP contribution is 2.23. The van der Waals surface area contributed by atoms with Crippen molar-refractivity contribution in [3.63, 3.8) is 0 Å². The summed E-state index contributed by atoms with van der Waals surface area (Å²) in [7, 11) is 0. The zero-order valence-corrected chi connectivity index (χ0v) is 12.7. The molecule has 2 aliphatic rings. The van der Waals surface area contributed by atoms with Crippen LogP contribution in [0.3, 0.4) is 0 Å². The summed E-state index contributed by atoms with van der Waals surface area (Å²) in [5.74, 6) is 0.0927. The average Bonchev–Trinajstić information content (AvgIpc) is 3.24. The first kappa shape index (κ1) is 13.6. The van der Waals surface area contributed by atoms with Gasteiger partial charge in [-0.25, -0.2) is 4.52 Å². The number of pyridine rings is 1. The van der Waals surface area contributed by atoms with E-state index in [0.717, 1.165) is 44.8 Å². The summed E-state index contributed by atoms with van der Waals surface area (Å²) in [6, 6.07) is 4.19. The molecule has 0 unspecified atom stereocenters. The van der Waals surface area contributed by atoms with Gasteiger partial charge >= 0.3 is 0 Å². The molecule has 2 aromatic rings. The Labute approximate surface area is 129 Å². The van der Waals surface area contributed by atoms with Crippen molar-refractivity contribution in [2.45, 2.75) is 12.8 Å². The van der Waals surface area contributed by atoms with Gasteiger partial charge in [0.1, 0.15) is 0 Å². The van der Waals surface area contributed by atoms with Gasteiger partial charge in [0.05, 0.1) is 17.3 Å². The number of nitrogens with one attached hydrogen (secondary N) is 1. The minimum absolute atomic E-state index is 0.0927. The number of aromatic nitrogens is 2. The zero-order chi connectivity index (χ0) is 14.9. The Bertz CT molecular complexity index is 683. The third-order valence-electron chi connectivity index (χ3n) is 4.61. The Morgan fingerprint density at radius 2 is 1.91 bits per heavy atom. The van der Waals surface area contributed by atoms with Gasteiger partial charge in [0.25, 0.3) is 5.91 Å². The molecule has 1 amide bonds.